The minimum atomic E-state index is -2.63. The van der Waals surface area contributed by atoms with Crippen molar-refractivity contribution in [2.75, 3.05) is 14.1 Å². The summed E-state index contributed by atoms with van der Waals surface area (Å²) in [6, 6.07) is 2.31. The maximum Gasteiger partial charge on any atom is 0.230 e. The second-order valence-corrected chi connectivity index (χ2v) is 9.82. The van der Waals surface area contributed by atoms with E-state index in [-0.39, 0.29) is 17.7 Å². The fourth-order valence-corrected chi connectivity index (χ4v) is 6.39. The summed E-state index contributed by atoms with van der Waals surface area (Å²) >= 11 is 0. The number of carbonyl (C=O) groups is 4. The summed E-state index contributed by atoms with van der Waals surface area (Å²) in [5, 5.41) is 32.8. The van der Waals surface area contributed by atoms with E-state index in [4.69, 9.17) is 5.73 Å². The Hall–Kier alpha value is -2.62. The van der Waals surface area contributed by atoms with Gasteiger partial charge in [-0.15, -0.1) is 0 Å². The Bertz CT molecular complexity index is 1050. The standard InChI is InChI=1S/C24H30N2O7/c1-4-5-10-6-7-14(27)16-12(10)8-11-9-13-18(26(2)3)20(29)17(23(25)32)22(31)24(13,33)21(30)15(11)19(16)28/h6-7,11,13,15,17-18,20,27,29,33H,4-5,8-9H2,1-3H3,(H2,25,32)/t11-,13-,15?,17?,18-,20?,24-/m1/s1. The number of nitrogens with two attached hydrogens (primary N) is 1. The molecule has 3 aliphatic rings. The Morgan fingerprint density at radius 1 is 1.21 bits per heavy atom. The average molecular weight is 459 g/mol. The summed E-state index contributed by atoms with van der Waals surface area (Å²) in [5.41, 5.74) is 4.42. The predicted octanol–water partition coefficient (Wildman–Crippen LogP) is -0.389. The van der Waals surface area contributed by atoms with Crippen LogP contribution in [0.15, 0.2) is 12.1 Å². The molecule has 0 spiro atoms. The zero-order valence-electron chi connectivity index (χ0n) is 18.9. The van der Waals surface area contributed by atoms with Crippen LogP contribution >= 0.6 is 0 Å². The predicted molar refractivity (Wildman–Crippen MR) is 116 cm³/mol. The smallest absolute Gasteiger partial charge is 0.230 e. The highest BCUT2D eigenvalue weighted by molar-refractivity contribution is 6.25. The number of phenolic OH excluding ortho intramolecular Hbond substituents is 1. The minimum Gasteiger partial charge on any atom is -0.507 e. The first-order valence-electron chi connectivity index (χ1n) is 11.3. The molecular formula is C24H30N2O7. The van der Waals surface area contributed by atoms with E-state index in [0.29, 0.717) is 18.4 Å². The number of nitrogens with zero attached hydrogens (tertiary/aromatic N) is 1. The number of fused-ring (bicyclic) bond motifs is 3. The van der Waals surface area contributed by atoms with Crippen LogP contribution in [0.1, 0.15) is 41.3 Å². The van der Waals surface area contributed by atoms with E-state index in [9.17, 15) is 34.5 Å². The molecule has 0 aliphatic heterocycles. The SMILES string of the molecule is CCCc1ccc(O)c2c1C[C@@H]1C[C@@H]3[C@@H](N(C)C)C(O)C(C(N)=O)C(=O)[C@]3(O)C(=O)C1C2=O. The summed E-state index contributed by atoms with van der Waals surface area (Å²) in [6.45, 7) is 2.00. The molecule has 7 atom stereocenters. The van der Waals surface area contributed by atoms with E-state index in [1.165, 1.54) is 6.07 Å². The normalized spacial score (nSPS) is 35.8. The number of aromatic hydroxyl groups is 1. The molecule has 1 amide bonds. The highest BCUT2D eigenvalue weighted by atomic mass is 16.3. The molecule has 9 heteroatoms. The largest absolute Gasteiger partial charge is 0.507 e. The number of benzene rings is 1. The molecule has 0 bridgehead atoms. The Morgan fingerprint density at radius 2 is 1.88 bits per heavy atom. The fourth-order valence-electron chi connectivity index (χ4n) is 6.39. The second kappa shape index (κ2) is 8.00. The van der Waals surface area contributed by atoms with Gasteiger partial charge in [0.15, 0.2) is 23.0 Å². The van der Waals surface area contributed by atoms with E-state index in [1.54, 1.807) is 25.1 Å². The number of primary amides is 1. The lowest BCUT2D eigenvalue weighted by atomic mass is 9.52. The van der Waals surface area contributed by atoms with E-state index in [0.717, 1.165) is 12.0 Å². The van der Waals surface area contributed by atoms with Gasteiger partial charge in [-0.1, -0.05) is 19.4 Å². The first-order valence-corrected chi connectivity index (χ1v) is 11.3. The number of rotatable bonds is 4. The Kier molecular flexibility index (Phi) is 5.71. The first kappa shape index (κ1) is 23.5. The number of ketones is 3. The Morgan fingerprint density at radius 3 is 2.45 bits per heavy atom. The lowest BCUT2D eigenvalue weighted by Gasteiger charge is -2.54. The van der Waals surface area contributed by atoms with Crippen LogP contribution in [0.4, 0.5) is 0 Å². The molecule has 33 heavy (non-hydrogen) atoms. The minimum absolute atomic E-state index is 0.0662. The third kappa shape index (κ3) is 3.17. The third-order valence-corrected chi connectivity index (χ3v) is 7.79. The topological polar surface area (TPSA) is 158 Å². The molecule has 4 rings (SSSR count). The maximum absolute atomic E-state index is 13.7. The van der Waals surface area contributed by atoms with Gasteiger partial charge in [0, 0.05) is 12.0 Å². The molecule has 3 aliphatic carbocycles. The molecule has 1 aromatic carbocycles. The van der Waals surface area contributed by atoms with Crippen molar-refractivity contribution in [2.45, 2.75) is 50.4 Å². The van der Waals surface area contributed by atoms with Crippen LogP contribution in [-0.2, 0) is 27.2 Å². The summed E-state index contributed by atoms with van der Waals surface area (Å²) in [4.78, 5) is 54.0. The number of phenols is 1. The van der Waals surface area contributed by atoms with Gasteiger partial charge >= 0.3 is 0 Å². The van der Waals surface area contributed by atoms with Crippen LogP contribution in [-0.4, -0.2) is 75.3 Å². The van der Waals surface area contributed by atoms with Crippen molar-refractivity contribution in [3.8, 4) is 5.75 Å². The van der Waals surface area contributed by atoms with E-state index < -0.39 is 64.7 Å². The van der Waals surface area contributed by atoms with Crippen LogP contribution < -0.4 is 5.73 Å². The van der Waals surface area contributed by atoms with Gasteiger partial charge in [0.25, 0.3) is 0 Å². The number of Topliss-reactive ketones (excluding diaryl/α,β-unsaturated/α-hetero) is 3. The molecule has 9 nitrogen and oxygen atoms in total. The maximum atomic E-state index is 13.7. The summed E-state index contributed by atoms with van der Waals surface area (Å²) in [6.07, 6.45) is 0.491. The molecule has 0 aromatic heterocycles. The molecular weight excluding hydrogens is 428 g/mol. The highest BCUT2D eigenvalue weighted by Crippen LogP contribution is 2.51. The molecule has 2 saturated carbocycles. The van der Waals surface area contributed by atoms with Crippen LogP contribution in [0.5, 0.6) is 5.75 Å². The van der Waals surface area contributed by atoms with Crippen LogP contribution in [0.2, 0.25) is 0 Å². The van der Waals surface area contributed by atoms with Gasteiger partial charge in [0.1, 0.15) is 11.7 Å². The summed E-state index contributed by atoms with van der Waals surface area (Å²) in [5.74, 6) is -8.74. The van der Waals surface area contributed by atoms with Crippen molar-refractivity contribution in [1.29, 1.82) is 0 Å². The van der Waals surface area contributed by atoms with Gasteiger partial charge in [-0.05, 0) is 56.5 Å². The number of hydrogen-bond acceptors (Lipinski definition) is 8. The van der Waals surface area contributed by atoms with Crippen LogP contribution in [0.3, 0.4) is 0 Å². The van der Waals surface area contributed by atoms with Crippen molar-refractivity contribution in [3.63, 3.8) is 0 Å². The summed E-state index contributed by atoms with van der Waals surface area (Å²) < 4.78 is 0. The van der Waals surface area contributed by atoms with Crippen molar-refractivity contribution in [1.82, 2.24) is 4.90 Å². The van der Waals surface area contributed by atoms with E-state index >= 15 is 0 Å². The molecule has 5 N–H and O–H groups in total. The van der Waals surface area contributed by atoms with Crippen molar-refractivity contribution in [3.05, 3.63) is 28.8 Å². The number of amides is 1. The molecule has 2 fully saturated rings. The third-order valence-electron chi connectivity index (χ3n) is 7.79. The van der Waals surface area contributed by atoms with Crippen molar-refractivity contribution < 1.29 is 34.5 Å². The van der Waals surface area contributed by atoms with Crippen molar-refractivity contribution in [2.24, 2.45) is 29.4 Å². The quantitative estimate of drug-likeness (QED) is 0.444. The Balaban J connectivity index is 1.86. The molecule has 0 saturated heterocycles. The van der Waals surface area contributed by atoms with Crippen LogP contribution in [0, 0.1) is 23.7 Å². The number of hydrogen-bond donors (Lipinski definition) is 4. The molecule has 178 valence electrons. The highest BCUT2D eigenvalue weighted by Gasteiger charge is 2.69. The van der Waals surface area contributed by atoms with Gasteiger partial charge in [0.05, 0.1) is 17.6 Å². The van der Waals surface area contributed by atoms with Gasteiger partial charge in [-0.25, -0.2) is 0 Å². The van der Waals surface area contributed by atoms with E-state index in [2.05, 4.69) is 0 Å². The van der Waals surface area contributed by atoms with Gasteiger partial charge in [-0.3, -0.25) is 19.2 Å². The molecule has 1 aromatic rings. The first-order chi connectivity index (χ1) is 15.5. The van der Waals surface area contributed by atoms with E-state index in [1.807, 2.05) is 6.92 Å². The zero-order chi connectivity index (χ0) is 24.4. The van der Waals surface area contributed by atoms with Gasteiger partial charge in [-0.2, -0.15) is 0 Å². The summed E-state index contributed by atoms with van der Waals surface area (Å²) in [7, 11) is 3.24. The number of aliphatic hydroxyl groups excluding tert-OH is 1. The molecule has 0 radical (unpaired) electrons. The fraction of sp³-hybridized carbons (Fsp3) is 0.583. The van der Waals surface area contributed by atoms with Gasteiger partial charge in [0.2, 0.25) is 5.91 Å². The van der Waals surface area contributed by atoms with Gasteiger partial charge < -0.3 is 26.0 Å². The second-order valence-electron chi connectivity index (χ2n) is 9.82. The molecule has 3 unspecified atom stereocenters. The lowest BCUT2D eigenvalue weighted by molar-refractivity contribution is -0.190. The number of likely N-dealkylation sites (N-methyl/N-ethyl adjacent to an activating group) is 1. The zero-order valence-corrected chi connectivity index (χ0v) is 18.9. The van der Waals surface area contributed by atoms with Crippen LogP contribution in [0.25, 0.3) is 0 Å². The molecule has 0 heterocycles. The lowest BCUT2D eigenvalue weighted by Crippen LogP contribution is -2.75. The monoisotopic (exact) mass is 458 g/mol. The number of carbonyl (C=O) groups excluding carboxylic acids is 4. The number of aryl methyl sites for hydroxylation is 1. The average Bonchev–Trinajstić information content (AvgIpc) is 2.72. The Labute approximate surface area is 191 Å². The number of aliphatic hydroxyl groups is 2. The van der Waals surface area contributed by atoms with Crippen molar-refractivity contribution >= 4 is 23.3 Å².